The van der Waals surface area contributed by atoms with Gasteiger partial charge in [-0.2, -0.15) is 10.2 Å². The molecule has 0 amide bonds. The van der Waals surface area contributed by atoms with Gasteiger partial charge in [0.15, 0.2) is 5.82 Å². The van der Waals surface area contributed by atoms with Crippen molar-refractivity contribution in [2.24, 2.45) is 12.8 Å². The number of hydrogen-bond acceptors (Lipinski definition) is 3. The van der Waals surface area contributed by atoms with Gasteiger partial charge < -0.3 is 5.73 Å². The predicted octanol–water partition coefficient (Wildman–Crippen LogP) is 1.77. The zero-order valence-electron chi connectivity index (χ0n) is 11.1. The summed E-state index contributed by atoms with van der Waals surface area (Å²) in [6.07, 6.45) is 2.57. The Bertz CT molecular complexity index is 548. The highest BCUT2D eigenvalue weighted by Crippen LogP contribution is 2.22. The van der Waals surface area contributed by atoms with Crippen LogP contribution in [0, 0.1) is 13.8 Å². The van der Waals surface area contributed by atoms with Gasteiger partial charge in [-0.15, -0.1) is 0 Å². The van der Waals surface area contributed by atoms with Crippen molar-refractivity contribution in [1.29, 1.82) is 0 Å². The number of aryl methyl sites for hydroxylation is 3. The van der Waals surface area contributed by atoms with Gasteiger partial charge >= 0.3 is 0 Å². The number of aromatic nitrogens is 4. The van der Waals surface area contributed by atoms with E-state index in [0.717, 1.165) is 29.2 Å². The van der Waals surface area contributed by atoms with Crippen LogP contribution in [0.3, 0.4) is 0 Å². The Balaban J connectivity index is 2.55. The molecule has 0 aromatic carbocycles. The van der Waals surface area contributed by atoms with E-state index < -0.39 is 0 Å². The first kappa shape index (κ1) is 13.1. The molecule has 0 fully saturated rings. The predicted molar refractivity (Wildman–Crippen MR) is 72.2 cm³/mol. The van der Waals surface area contributed by atoms with Crippen LogP contribution in [0.2, 0.25) is 5.02 Å². The quantitative estimate of drug-likeness (QED) is 0.922. The summed E-state index contributed by atoms with van der Waals surface area (Å²) in [6.45, 7) is 5.85. The molecule has 0 aliphatic heterocycles. The van der Waals surface area contributed by atoms with Crippen LogP contribution in [0.4, 0.5) is 0 Å². The van der Waals surface area contributed by atoms with Crippen molar-refractivity contribution in [1.82, 2.24) is 19.6 Å². The van der Waals surface area contributed by atoms with E-state index in [0.29, 0.717) is 5.02 Å². The molecule has 6 heteroatoms. The second-order valence-electron chi connectivity index (χ2n) is 4.70. The van der Waals surface area contributed by atoms with E-state index in [1.807, 2.05) is 32.5 Å². The Hall–Kier alpha value is -1.33. The number of nitrogens with two attached hydrogens (primary N) is 1. The lowest BCUT2D eigenvalue weighted by atomic mass is 10.1. The van der Waals surface area contributed by atoms with Gasteiger partial charge in [0.25, 0.3) is 0 Å². The SMILES string of the molecule is Cc1nn(-c2c(CC(C)N)c(C)nn2C)cc1Cl. The minimum absolute atomic E-state index is 0.0822. The molecule has 0 saturated heterocycles. The Morgan fingerprint density at radius 2 is 2.00 bits per heavy atom. The summed E-state index contributed by atoms with van der Waals surface area (Å²) >= 11 is 6.06. The van der Waals surface area contributed by atoms with Crippen molar-refractivity contribution in [3.05, 3.63) is 28.2 Å². The van der Waals surface area contributed by atoms with Crippen molar-refractivity contribution >= 4 is 11.6 Å². The molecule has 1 atom stereocenters. The molecule has 2 N–H and O–H groups in total. The number of hydrogen-bond donors (Lipinski definition) is 1. The molecule has 0 saturated carbocycles. The summed E-state index contributed by atoms with van der Waals surface area (Å²) in [7, 11) is 1.90. The molecule has 0 aliphatic rings. The average molecular weight is 268 g/mol. The molecule has 5 nitrogen and oxygen atoms in total. The van der Waals surface area contributed by atoms with E-state index in [-0.39, 0.29) is 6.04 Å². The summed E-state index contributed by atoms with van der Waals surface area (Å²) in [4.78, 5) is 0. The molecule has 98 valence electrons. The molecule has 0 aliphatic carbocycles. The largest absolute Gasteiger partial charge is 0.328 e. The zero-order chi connectivity index (χ0) is 13.4. The van der Waals surface area contributed by atoms with Crippen molar-refractivity contribution in [2.45, 2.75) is 33.2 Å². The van der Waals surface area contributed by atoms with Gasteiger partial charge in [0.05, 0.1) is 22.6 Å². The van der Waals surface area contributed by atoms with E-state index in [1.165, 1.54) is 0 Å². The van der Waals surface area contributed by atoms with Gasteiger partial charge in [0, 0.05) is 18.7 Å². The van der Waals surface area contributed by atoms with Crippen LogP contribution in [-0.2, 0) is 13.5 Å². The normalized spacial score (nSPS) is 13.0. The maximum atomic E-state index is 6.06. The van der Waals surface area contributed by atoms with Crippen LogP contribution in [0.25, 0.3) is 5.82 Å². The van der Waals surface area contributed by atoms with E-state index in [4.69, 9.17) is 17.3 Å². The lowest BCUT2D eigenvalue weighted by Crippen LogP contribution is -2.19. The van der Waals surface area contributed by atoms with Crippen LogP contribution < -0.4 is 5.73 Å². The number of rotatable bonds is 3. The fourth-order valence-electron chi connectivity index (χ4n) is 2.08. The maximum Gasteiger partial charge on any atom is 0.155 e. The lowest BCUT2D eigenvalue weighted by Gasteiger charge is -2.08. The minimum atomic E-state index is 0.0822. The third kappa shape index (κ3) is 2.28. The second kappa shape index (κ2) is 4.74. The van der Waals surface area contributed by atoms with Crippen LogP contribution in [-0.4, -0.2) is 25.6 Å². The third-order valence-corrected chi connectivity index (χ3v) is 3.27. The summed E-state index contributed by atoms with van der Waals surface area (Å²) in [5.74, 6) is 0.930. The molecule has 2 aromatic heterocycles. The second-order valence-corrected chi connectivity index (χ2v) is 5.11. The topological polar surface area (TPSA) is 61.7 Å². The first-order chi connectivity index (χ1) is 8.40. The van der Waals surface area contributed by atoms with Gasteiger partial charge in [-0.1, -0.05) is 11.6 Å². The van der Waals surface area contributed by atoms with E-state index in [9.17, 15) is 0 Å². The molecular formula is C12H18ClN5. The molecule has 2 aromatic rings. The third-order valence-electron chi connectivity index (χ3n) is 2.90. The maximum absolute atomic E-state index is 6.06. The Morgan fingerprint density at radius 3 is 2.50 bits per heavy atom. The van der Waals surface area contributed by atoms with Gasteiger partial charge in [0.1, 0.15) is 0 Å². The van der Waals surface area contributed by atoms with Crippen LogP contribution in [0.1, 0.15) is 23.9 Å². The molecule has 0 bridgehead atoms. The fraction of sp³-hybridized carbons (Fsp3) is 0.500. The summed E-state index contributed by atoms with van der Waals surface area (Å²) < 4.78 is 3.59. The highest BCUT2D eigenvalue weighted by Gasteiger charge is 2.17. The lowest BCUT2D eigenvalue weighted by molar-refractivity contribution is 0.680. The van der Waals surface area contributed by atoms with E-state index in [2.05, 4.69) is 10.2 Å². The molecule has 0 radical (unpaired) electrons. The summed E-state index contributed by atoms with van der Waals surface area (Å²) in [6, 6.07) is 0.0822. The van der Waals surface area contributed by atoms with Crippen LogP contribution >= 0.6 is 11.6 Å². The van der Waals surface area contributed by atoms with Gasteiger partial charge in [-0.05, 0) is 27.2 Å². The molecule has 1 unspecified atom stereocenters. The molecule has 18 heavy (non-hydrogen) atoms. The van der Waals surface area contributed by atoms with E-state index in [1.54, 1.807) is 10.9 Å². The number of nitrogens with zero attached hydrogens (tertiary/aromatic N) is 4. The zero-order valence-corrected chi connectivity index (χ0v) is 11.9. The molecule has 0 spiro atoms. The summed E-state index contributed by atoms with van der Waals surface area (Å²) in [5, 5.41) is 9.50. The van der Waals surface area contributed by atoms with Crippen LogP contribution in [0.15, 0.2) is 6.20 Å². The minimum Gasteiger partial charge on any atom is -0.328 e. The van der Waals surface area contributed by atoms with Crippen LogP contribution in [0.5, 0.6) is 0 Å². The molecule has 2 heterocycles. The monoisotopic (exact) mass is 267 g/mol. The Kier molecular flexibility index (Phi) is 3.45. The molecular weight excluding hydrogens is 250 g/mol. The smallest absolute Gasteiger partial charge is 0.155 e. The van der Waals surface area contributed by atoms with Gasteiger partial charge in [-0.25, -0.2) is 4.68 Å². The highest BCUT2D eigenvalue weighted by molar-refractivity contribution is 6.31. The van der Waals surface area contributed by atoms with Gasteiger partial charge in [-0.3, -0.25) is 4.68 Å². The number of halogens is 1. The Labute approximate surface area is 112 Å². The first-order valence-electron chi connectivity index (χ1n) is 5.90. The van der Waals surface area contributed by atoms with E-state index >= 15 is 0 Å². The van der Waals surface area contributed by atoms with Crippen molar-refractivity contribution in [3.63, 3.8) is 0 Å². The average Bonchev–Trinajstić information content (AvgIpc) is 2.69. The van der Waals surface area contributed by atoms with Crippen molar-refractivity contribution in [2.75, 3.05) is 0 Å². The highest BCUT2D eigenvalue weighted by atomic mass is 35.5. The molecule has 2 rings (SSSR count). The fourth-order valence-corrected chi connectivity index (χ4v) is 2.22. The standard InChI is InChI=1S/C12H18ClN5/c1-7(14)5-10-8(2)15-17(4)12(10)18-6-11(13)9(3)16-18/h6-7H,5,14H2,1-4H3. The Morgan fingerprint density at radius 1 is 1.33 bits per heavy atom. The van der Waals surface area contributed by atoms with Crippen molar-refractivity contribution < 1.29 is 0 Å². The first-order valence-corrected chi connectivity index (χ1v) is 6.28. The van der Waals surface area contributed by atoms with Crippen molar-refractivity contribution in [3.8, 4) is 5.82 Å². The van der Waals surface area contributed by atoms with Gasteiger partial charge in [0.2, 0.25) is 0 Å². The summed E-state index contributed by atoms with van der Waals surface area (Å²) in [5.41, 5.74) is 8.80.